The predicted octanol–water partition coefficient (Wildman–Crippen LogP) is 1.16. The Labute approximate surface area is 119 Å². The fourth-order valence-electron chi connectivity index (χ4n) is 1.53. The molecule has 0 saturated carbocycles. The number of nitrogens with zero attached hydrogens (tertiary/aromatic N) is 1. The van der Waals surface area contributed by atoms with E-state index in [-0.39, 0.29) is 24.4 Å². The first-order valence-corrected chi connectivity index (χ1v) is 6.80. The number of pyridine rings is 1. The van der Waals surface area contributed by atoms with Crippen LogP contribution in [0.1, 0.15) is 37.7 Å². The van der Waals surface area contributed by atoms with Crippen molar-refractivity contribution in [3.8, 4) is 0 Å². The molecule has 1 rings (SSSR count). The lowest BCUT2D eigenvalue weighted by Crippen LogP contribution is -2.40. The van der Waals surface area contributed by atoms with Gasteiger partial charge in [-0.1, -0.05) is 6.92 Å². The molecule has 0 atom stereocenters. The lowest BCUT2D eigenvalue weighted by molar-refractivity contribution is -0.120. The van der Waals surface area contributed by atoms with Gasteiger partial charge in [0, 0.05) is 12.6 Å². The Kier molecular flexibility index (Phi) is 6.49. The molecule has 0 radical (unpaired) electrons. The van der Waals surface area contributed by atoms with Crippen LogP contribution in [0.3, 0.4) is 0 Å². The third-order valence-electron chi connectivity index (χ3n) is 2.43. The molecule has 6 nitrogen and oxygen atoms in total. The van der Waals surface area contributed by atoms with Crippen molar-refractivity contribution in [2.24, 2.45) is 0 Å². The lowest BCUT2D eigenvalue weighted by Gasteiger charge is -2.09. The maximum absolute atomic E-state index is 11.8. The Bertz CT molecular complexity index is 443. The standard InChI is InChI=1S/C14H22N4O2/c1-4-7-15-11-5-6-12(16-8-11)14(20)17-9-13(19)18-10(2)3/h5-6,8,10,15H,4,7,9H2,1-3H3,(H,17,20)(H,18,19). The lowest BCUT2D eigenvalue weighted by atomic mass is 10.3. The van der Waals surface area contributed by atoms with E-state index in [0.717, 1.165) is 18.7 Å². The number of aromatic nitrogens is 1. The zero-order valence-electron chi connectivity index (χ0n) is 12.2. The van der Waals surface area contributed by atoms with Crippen LogP contribution >= 0.6 is 0 Å². The van der Waals surface area contributed by atoms with Gasteiger partial charge in [0.15, 0.2) is 0 Å². The van der Waals surface area contributed by atoms with Crippen LogP contribution in [0.25, 0.3) is 0 Å². The van der Waals surface area contributed by atoms with Crippen molar-refractivity contribution >= 4 is 17.5 Å². The molecule has 0 unspecified atom stereocenters. The van der Waals surface area contributed by atoms with Crippen LogP contribution in [0.5, 0.6) is 0 Å². The summed E-state index contributed by atoms with van der Waals surface area (Å²) in [6.45, 7) is 6.62. The second-order valence-corrected chi connectivity index (χ2v) is 4.76. The summed E-state index contributed by atoms with van der Waals surface area (Å²) >= 11 is 0. The molecule has 0 aliphatic carbocycles. The second kappa shape index (κ2) is 8.14. The normalized spacial score (nSPS) is 10.2. The Hall–Kier alpha value is -2.11. The summed E-state index contributed by atoms with van der Waals surface area (Å²) in [5.74, 6) is -0.569. The van der Waals surface area contributed by atoms with Gasteiger partial charge in [-0.2, -0.15) is 0 Å². The molecule has 0 spiro atoms. The minimum absolute atomic E-state index is 0.0471. The number of rotatable bonds is 7. The van der Waals surface area contributed by atoms with E-state index in [9.17, 15) is 9.59 Å². The van der Waals surface area contributed by atoms with Crippen LogP contribution in [-0.4, -0.2) is 35.9 Å². The van der Waals surface area contributed by atoms with Gasteiger partial charge >= 0.3 is 0 Å². The van der Waals surface area contributed by atoms with Crippen LogP contribution in [0.15, 0.2) is 18.3 Å². The molecule has 0 aliphatic heterocycles. The zero-order valence-corrected chi connectivity index (χ0v) is 12.2. The molecule has 20 heavy (non-hydrogen) atoms. The molecule has 1 heterocycles. The molecule has 0 fully saturated rings. The first kappa shape index (κ1) is 15.9. The van der Waals surface area contributed by atoms with Crippen molar-refractivity contribution in [3.63, 3.8) is 0 Å². The summed E-state index contributed by atoms with van der Waals surface area (Å²) < 4.78 is 0. The van der Waals surface area contributed by atoms with Crippen molar-refractivity contribution in [2.45, 2.75) is 33.2 Å². The third kappa shape index (κ3) is 5.69. The monoisotopic (exact) mass is 278 g/mol. The Balaban J connectivity index is 2.45. The molecule has 110 valence electrons. The molecule has 0 aliphatic rings. The fraction of sp³-hybridized carbons (Fsp3) is 0.500. The Morgan fingerprint density at radius 2 is 2.05 bits per heavy atom. The SMILES string of the molecule is CCCNc1ccc(C(=O)NCC(=O)NC(C)C)nc1. The second-order valence-electron chi connectivity index (χ2n) is 4.76. The van der Waals surface area contributed by atoms with Crippen LogP contribution in [0.4, 0.5) is 5.69 Å². The number of hydrogen-bond acceptors (Lipinski definition) is 4. The molecule has 3 N–H and O–H groups in total. The number of nitrogens with one attached hydrogen (secondary N) is 3. The molecule has 0 bridgehead atoms. The van der Waals surface area contributed by atoms with E-state index in [1.165, 1.54) is 0 Å². The van der Waals surface area contributed by atoms with E-state index in [1.54, 1.807) is 18.3 Å². The van der Waals surface area contributed by atoms with Gasteiger partial charge < -0.3 is 16.0 Å². The largest absolute Gasteiger partial charge is 0.384 e. The van der Waals surface area contributed by atoms with Gasteiger partial charge in [0.1, 0.15) is 5.69 Å². The quantitative estimate of drug-likeness (QED) is 0.699. The van der Waals surface area contributed by atoms with Crippen molar-refractivity contribution in [1.82, 2.24) is 15.6 Å². The minimum Gasteiger partial charge on any atom is -0.384 e. The molecular weight excluding hydrogens is 256 g/mol. The van der Waals surface area contributed by atoms with Gasteiger partial charge in [0.25, 0.3) is 5.91 Å². The third-order valence-corrected chi connectivity index (χ3v) is 2.43. The average Bonchev–Trinajstić information content (AvgIpc) is 2.42. The van der Waals surface area contributed by atoms with Crippen molar-refractivity contribution in [3.05, 3.63) is 24.0 Å². The molecule has 0 saturated heterocycles. The van der Waals surface area contributed by atoms with Gasteiger partial charge in [0.2, 0.25) is 5.91 Å². The fourth-order valence-corrected chi connectivity index (χ4v) is 1.53. The highest BCUT2D eigenvalue weighted by Gasteiger charge is 2.09. The summed E-state index contributed by atoms with van der Waals surface area (Å²) in [6, 6.07) is 3.49. The summed E-state index contributed by atoms with van der Waals surface area (Å²) in [5, 5.41) is 8.40. The molecule has 0 aromatic carbocycles. The van der Waals surface area contributed by atoms with Crippen molar-refractivity contribution < 1.29 is 9.59 Å². The number of amides is 2. The summed E-state index contributed by atoms with van der Waals surface area (Å²) in [4.78, 5) is 27.3. The molecular formula is C14H22N4O2. The van der Waals surface area contributed by atoms with Gasteiger partial charge in [-0.25, -0.2) is 4.98 Å². The summed E-state index contributed by atoms with van der Waals surface area (Å²) in [5.41, 5.74) is 1.17. The summed E-state index contributed by atoms with van der Waals surface area (Å²) in [6.07, 6.45) is 2.63. The highest BCUT2D eigenvalue weighted by Crippen LogP contribution is 2.05. The first-order valence-electron chi connectivity index (χ1n) is 6.80. The first-order chi connectivity index (χ1) is 9.52. The highest BCUT2D eigenvalue weighted by atomic mass is 16.2. The molecule has 1 aromatic rings. The molecule has 6 heteroatoms. The smallest absolute Gasteiger partial charge is 0.270 e. The Morgan fingerprint density at radius 3 is 2.60 bits per heavy atom. The molecule has 2 amide bonds. The Morgan fingerprint density at radius 1 is 1.30 bits per heavy atom. The van der Waals surface area contributed by atoms with Crippen LogP contribution in [-0.2, 0) is 4.79 Å². The van der Waals surface area contributed by atoms with Gasteiger partial charge in [0.05, 0.1) is 18.4 Å². The predicted molar refractivity (Wildman–Crippen MR) is 78.6 cm³/mol. The van der Waals surface area contributed by atoms with Gasteiger partial charge in [-0.15, -0.1) is 0 Å². The van der Waals surface area contributed by atoms with Crippen molar-refractivity contribution in [1.29, 1.82) is 0 Å². The number of carbonyl (C=O) groups excluding carboxylic acids is 2. The number of carbonyl (C=O) groups is 2. The maximum atomic E-state index is 11.8. The van der Waals surface area contributed by atoms with Crippen LogP contribution in [0.2, 0.25) is 0 Å². The maximum Gasteiger partial charge on any atom is 0.270 e. The van der Waals surface area contributed by atoms with Crippen molar-refractivity contribution in [2.75, 3.05) is 18.4 Å². The van der Waals surface area contributed by atoms with E-state index in [0.29, 0.717) is 5.69 Å². The van der Waals surface area contributed by atoms with E-state index in [4.69, 9.17) is 0 Å². The minimum atomic E-state index is -0.356. The van der Waals surface area contributed by atoms with E-state index >= 15 is 0 Å². The zero-order chi connectivity index (χ0) is 15.0. The molecule has 1 aromatic heterocycles. The average molecular weight is 278 g/mol. The van der Waals surface area contributed by atoms with E-state index in [1.807, 2.05) is 13.8 Å². The van der Waals surface area contributed by atoms with Gasteiger partial charge in [-0.3, -0.25) is 9.59 Å². The summed E-state index contributed by atoms with van der Waals surface area (Å²) in [7, 11) is 0. The van der Waals surface area contributed by atoms with Crippen LogP contribution in [0, 0.1) is 0 Å². The van der Waals surface area contributed by atoms with E-state index in [2.05, 4.69) is 27.9 Å². The van der Waals surface area contributed by atoms with E-state index < -0.39 is 0 Å². The topological polar surface area (TPSA) is 83.1 Å². The number of anilines is 1. The highest BCUT2D eigenvalue weighted by molar-refractivity contribution is 5.95. The van der Waals surface area contributed by atoms with Crippen LogP contribution < -0.4 is 16.0 Å². The number of hydrogen-bond donors (Lipinski definition) is 3. The van der Waals surface area contributed by atoms with Gasteiger partial charge in [-0.05, 0) is 32.4 Å².